The maximum atomic E-state index is 12.9. The molecular formula is C13H20FNO. The van der Waals surface area contributed by atoms with Crippen LogP contribution in [0.3, 0.4) is 0 Å². The Morgan fingerprint density at radius 1 is 1.38 bits per heavy atom. The van der Waals surface area contributed by atoms with E-state index in [1.54, 1.807) is 12.1 Å². The minimum atomic E-state index is -0.294. The lowest BCUT2D eigenvalue weighted by atomic mass is 9.73. The van der Waals surface area contributed by atoms with Gasteiger partial charge in [0.2, 0.25) is 0 Å². The van der Waals surface area contributed by atoms with Crippen LogP contribution >= 0.6 is 0 Å². The quantitative estimate of drug-likeness (QED) is 0.807. The van der Waals surface area contributed by atoms with E-state index in [9.17, 15) is 4.39 Å². The molecule has 90 valence electrons. The van der Waals surface area contributed by atoms with E-state index in [1.165, 1.54) is 12.1 Å². The van der Waals surface area contributed by atoms with Crippen LogP contribution in [-0.4, -0.2) is 17.8 Å². The van der Waals surface area contributed by atoms with Gasteiger partial charge in [0.15, 0.2) is 0 Å². The zero-order chi connectivity index (χ0) is 12.2. The van der Waals surface area contributed by atoms with Gasteiger partial charge in [-0.05, 0) is 30.5 Å². The molecule has 0 aliphatic carbocycles. The fourth-order valence-electron chi connectivity index (χ4n) is 2.06. The molecule has 0 bridgehead atoms. The second-order valence-corrected chi connectivity index (χ2v) is 4.41. The Morgan fingerprint density at radius 3 is 2.38 bits per heavy atom. The summed E-state index contributed by atoms with van der Waals surface area (Å²) in [6.45, 7) is 4.12. The Balaban J connectivity index is 3.05. The number of hydrogen-bond donors (Lipinski definition) is 2. The summed E-state index contributed by atoms with van der Waals surface area (Å²) < 4.78 is 12.9. The number of benzene rings is 1. The van der Waals surface area contributed by atoms with Gasteiger partial charge in [-0.2, -0.15) is 0 Å². The van der Waals surface area contributed by atoms with Crippen molar-refractivity contribution in [3.05, 3.63) is 35.6 Å². The standard InChI is InChI=1S/C13H20FNO/c1-3-12(15)13(2,8-9-16)10-4-6-11(14)7-5-10/h4-7,12,16H,3,8-9,15H2,1-2H3. The molecule has 3 heteroatoms. The van der Waals surface area contributed by atoms with E-state index in [2.05, 4.69) is 0 Å². The molecule has 0 aromatic heterocycles. The molecular weight excluding hydrogens is 205 g/mol. The molecule has 3 N–H and O–H groups in total. The number of nitrogens with two attached hydrogens (primary N) is 1. The van der Waals surface area contributed by atoms with Crippen molar-refractivity contribution in [2.24, 2.45) is 5.73 Å². The van der Waals surface area contributed by atoms with Gasteiger partial charge in [-0.25, -0.2) is 4.39 Å². The summed E-state index contributed by atoms with van der Waals surface area (Å²) in [6, 6.07) is 6.34. The van der Waals surface area contributed by atoms with Crippen molar-refractivity contribution >= 4 is 0 Å². The first-order valence-corrected chi connectivity index (χ1v) is 5.67. The molecule has 1 aromatic rings. The molecule has 0 saturated heterocycles. The van der Waals surface area contributed by atoms with Crippen molar-refractivity contribution < 1.29 is 9.50 Å². The molecule has 0 fully saturated rings. The summed E-state index contributed by atoms with van der Waals surface area (Å²) in [4.78, 5) is 0. The monoisotopic (exact) mass is 225 g/mol. The minimum Gasteiger partial charge on any atom is -0.396 e. The molecule has 0 aliphatic heterocycles. The summed E-state index contributed by atoms with van der Waals surface area (Å²) in [5.74, 6) is -0.250. The van der Waals surface area contributed by atoms with Gasteiger partial charge < -0.3 is 10.8 Å². The first-order valence-electron chi connectivity index (χ1n) is 5.67. The number of aliphatic hydroxyl groups is 1. The topological polar surface area (TPSA) is 46.2 Å². The van der Waals surface area contributed by atoms with Gasteiger partial charge in [0.1, 0.15) is 5.82 Å². The van der Waals surface area contributed by atoms with Gasteiger partial charge >= 0.3 is 0 Å². The molecule has 16 heavy (non-hydrogen) atoms. The molecule has 0 heterocycles. The lowest BCUT2D eigenvalue weighted by Crippen LogP contribution is -2.43. The van der Waals surface area contributed by atoms with Crippen molar-refractivity contribution in [2.75, 3.05) is 6.61 Å². The molecule has 1 aromatic carbocycles. The summed E-state index contributed by atoms with van der Waals surface area (Å²) in [5.41, 5.74) is 6.79. The van der Waals surface area contributed by atoms with Crippen LogP contribution in [0.4, 0.5) is 4.39 Å². The van der Waals surface area contributed by atoms with Gasteiger partial charge in [-0.3, -0.25) is 0 Å². The minimum absolute atomic E-state index is 0.0369. The third-order valence-electron chi connectivity index (χ3n) is 3.39. The summed E-state index contributed by atoms with van der Waals surface area (Å²) in [6.07, 6.45) is 1.42. The van der Waals surface area contributed by atoms with Gasteiger partial charge in [-0.1, -0.05) is 26.0 Å². The van der Waals surface area contributed by atoms with Crippen molar-refractivity contribution in [1.29, 1.82) is 0 Å². The molecule has 2 atom stereocenters. The van der Waals surface area contributed by atoms with Gasteiger partial charge in [-0.15, -0.1) is 0 Å². The molecule has 0 spiro atoms. The Hall–Kier alpha value is -0.930. The lowest BCUT2D eigenvalue weighted by molar-refractivity contribution is 0.223. The van der Waals surface area contributed by atoms with E-state index >= 15 is 0 Å². The zero-order valence-corrected chi connectivity index (χ0v) is 9.91. The molecule has 0 saturated carbocycles. The maximum Gasteiger partial charge on any atom is 0.123 e. The van der Waals surface area contributed by atoms with Gasteiger partial charge in [0.05, 0.1) is 0 Å². The lowest BCUT2D eigenvalue weighted by Gasteiger charge is -2.35. The Morgan fingerprint density at radius 2 is 1.94 bits per heavy atom. The SMILES string of the molecule is CCC(N)C(C)(CCO)c1ccc(F)cc1. The van der Waals surface area contributed by atoms with Crippen molar-refractivity contribution in [2.45, 2.75) is 38.1 Å². The van der Waals surface area contributed by atoms with Crippen LogP contribution in [0.25, 0.3) is 0 Å². The molecule has 1 rings (SSSR count). The van der Waals surface area contributed by atoms with Gasteiger partial charge in [0, 0.05) is 18.1 Å². The summed E-state index contributed by atoms with van der Waals surface area (Å²) in [7, 11) is 0. The number of aliphatic hydroxyl groups excluding tert-OH is 1. The fraction of sp³-hybridized carbons (Fsp3) is 0.538. The molecule has 0 aliphatic rings. The van der Waals surface area contributed by atoms with E-state index < -0.39 is 0 Å². The predicted molar refractivity (Wildman–Crippen MR) is 63.7 cm³/mol. The number of rotatable bonds is 5. The average Bonchev–Trinajstić information content (AvgIpc) is 2.29. The maximum absolute atomic E-state index is 12.9. The molecule has 0 radical (unpaired) electrons. The largest absolute Gasteiger partial charge is 0.396 e. The summed E-state index contributed by atoms with van der Waals surface area (Å²) >= 11 is 0. The third kappa shape index (κ3) is 2.60. The van der Waals surface area contributed by atoms with Crippen LogP contribution in [0.5, 0.6) is 0 Å². The van der Waals surface area contributed by atoms with Crippen molar-refractivity contribution in [1.82, 2.24) is 0 Å². The number of hydrogen-bond acceptors (Lipinski definition) is 2. The molecule has 0 amide bonds. The highest BCUT2D eigenvalue weighted by atomic mass is 19.1. The van der Waals surface area contributed by atoms with Crippen LogP contribution < -0.4 is 5.73 Å². The zero-order valence-electron chi connectivity index (χ0n) is 9.91. The predicted octanol–water partition coefficient (Wildman–Crippen LogP) is 2.20. The molecule has 2 unspecified atom stereocenters. The first-order chi connectivity index (χ1) is 7.54. The molecule has 2 nitrogen and oxygen atoms in total. The summed E-state index contributed by atoms with van der Waals surface area (Å²) in [5, 5.41) is 9.13. The Kier molecular flexibility index (Phi) is 4.44. The van der Waals surface area contributed by atoms with Crippen LogP contribution in [0.15, 0.2) is 24.3 Å². The second kappa shape index (κ2) is 5.41. The number of halogens is 1. The van der Waals surface area contributed by atoms with Gasteiger partial charge in [0.25, 0.3) is 0 Å². The van der Waals surface area contributed by atoms with Crippen LogP contribution in [0.2, 0.25) is 0 Å². The highest BCUT2D eigenvalue weighted by molar-refractivity contribution is 5.27. The van der Waals surface area contributed by atoms with E-state index in [0.29, 0.717) is 6.42 Å². The van der Waals surface area contributed by atoms with Crippen molar-refractivity contribution in [3.63, 3.8) is 0 Å². The van der Waals surface area contributed by atoms with E-state index in [4.69, 9.17) is 10.8 Å². The van der Waals surface area contributed by atoms with E-state index in [-0.39, 0.29) is 23.9 Å². The highest BCUT2D eigenvalue weighted by Gasteiger charge is 2.31. The van der Waals surface area contributed by atoms with Crippen LogP contribution in [0, 0.1) is 5.82 Å². The Labute approximate surface area is 96.3 Å². The average molecular weight is 225 g/mol. The van der Waals surface area contributed by atoms with E-state index in [1.807, 2.05) is 13.8 Å². The smallest absolute Gasteiger partial charge is 0.123 e. The third-order valence-corrected chi connectivity index (χ3v) is 3.39. The van der Waals surface area contributed by atoms with Crippen LogP contribution in [-0.2, 0) is 5.41 Å². The van der Waals surface area contributed by atoms with E-state index in [0.717, 1.165) is 12.0 Å². The second-order valence-electron chi connectivity index (χ2n) is 4.41. The van der Waals surface area contributed by atoms with Crippen molar-refractivity contribution in [3.8, 4) is 0 Å². The van der Waals surface area contributed by atoms with Crippen LogP contribution in [0.1, 0.15) is 32.3 Å². The normalized spacial score (nSPS) is 16.8. The highest BCUT2D eigenvalue weighted by Crippen LogP contribution is 2.31. The fourth-order valence-corrected chi connectivity index (χ4v) is 2.06. The first kappa shape index (κ1) is 13.1. The Bertz CT molecular complexity index is 325.